The third-order valence-corrected chi connectivity index (χ3v) is 3.77. The molecule has 2 atom stereocenters. The van der Waals surface area contributed by atoms with Crippen molar-refractivity contribution in [3.63, 3.8) is 0 Å². The maximum Gasteiger partial charge on any atom is 0.272 e. The predicted octanol–water partition coefficient (Wildman–Crippen LogP) is 1.70. The number of nitrogens with zero attached hydrogens (tertiary/aromatic N) is 2. The topological polar surface area (TPSA) is 93.0 Å². The van der Waals surface area contributed by atoms with Crippen molar-refractivity contribution in [2.75, 3.05) is 6.54 Å². The van der Waals surface area contributed by atoms with Gasteiger partial charge in [-0.05, 0) is 13.8 Å². The molecule has 0 saturated heterocycles. The summed E-state index contributed by atoms with van der Waals surface area (Å²) in [5.74, 6) is 1.22. The van der Waals surface area contributed by atoms with E-state index in [1.165, 1.54) is 0 Å². The molecule has 2 aromatic rings. The summed E-state index contributed by atoms with van der Waals surface area (Å²) in [4.78, 5) is 16.3. The van der Waals surface area contributed by atoms with Crippen molar-refractivity contribution in [3.8, 4) is 0 Å². The lowest BCUT2D eigenvalue weighted by Crippen LogP contribution is -2.29. The summed E-state index contributed by atoms with van der Waals surface area (Å²) < 4.78 is 11.1. The number of hydrogen-bond donors (Lipinski definition) is 2. The van der Waals surface area contributed by atoms with E-state index in [0.717, 1.165) is 17.0 Å². The van der Waals surface area contributed by atoms with E-state index in [1.807, 2.05) is 13.8 Å². The Morgan fingerprint density at radius 3 is 3.05 bits per heavy atom. The first-order valence-corrected chi connectivity index (χ1v) is 7.46. The Labute approximate surface area is 128 Å². The van der Waals surface area contributed by atoms with Crippen LogP contribution >= 0.6 is 0 Å². The van der Waals surface area contributed by atoms with Crippen LogP contribution in [0.2, 0.25) is 0 Å². The molecular formula is C15H20N4O3. The summed E-state index contributed by atoms with van der Waals surface area (Å²) in [6.45, 7) is 6.24. The largest absolute Gasteiger partial charge is 0.446 e. The van der Waals surface area contributed by atoms with Crippen LogP contribution in [0.1, 0.15) is 53.3 Å². The Kier molecular flexibility index (Phi) is 3.98. The van der Waals surface area contributed by atoms with Gasteiger partial charge < -0.3 is 14.5 Å². The fourth-order valence-corrected chi connectivity index (χ4v) is 2.77. The predicted molar refractivity (Wildman–Crippen MR) is 78.5 cm³/mol. The van der Waals surface area contributed by atoms with Crippen molar-refractivity contribution in [3.05, 3.63) is 34.8 Å². The van der Waals surface area contributed by atoms with Crippen molar-refractivity contribution in [1.82, 2.24) is 20.5 Å². The van der Waals surface area contributed by atoms with Crippen LogP contribution in [0.5, 0.6) is 0 Å². The zero-order chi connectivity index (χ0) is 15.7. The first-order chi connectivity index (χ1) is 10.5. The van der Waals surface area contributed by atoms with Crippen LogP contribution in [-0.2, 0) is 17.6 Å². The fraction of sp³-hybridized carbons (Fsp3) is 0.533. The fourth-order valence-electron chi connectivity index (χ4n) is 2.77. The van der Waals surface area contributed by atoms with Crippen LogP contribution in [0.25, 0.3) is 0 Å². The summed E-state index contributed by atoms with van der Waals surface area (Å²) in [7, 11) is 0. The van der Waals surface area contributed by atoms with E-state index in [9.17, 15) is 4.79 Å². The molecule has 0 aliphatic carbocycles. The molecule has 0 spiro atoms. The van der Waals surface area contributed by atoms with Crippen LogP contribution in [0.4, 0.5) is 0 Å². The van der Waals surface area contributed by atoms with Gasteiger partial charge in [0.2, 0.25) is 0 Å². The number of aromatic nitrogens is 3. The van der Waals surface area contributed by atoms with Crippen LogP contribution in [-0.4, -0.2) is 33.7 Å². The monoisotopic (exact) mass is 304 g/mol. The number of ether oxygens (including phenoxy) is 1. The molecule has 22 heavy (non-hydrogen) atoms. The minimum absolute atomic E-state index is 0.0648. The number of nitrogens with one attached hydrogen (secondary N) is 2. The molecule has 0 bridgehead atoms. The normalized spacial score (nSPS) is 20.7. The Balaban J connectivity index is 1.63. The van der Waals surface area contributed by atoms with E-state index in [0.29, 0.717) is 31.0 Å². The number of fused-ring (bicyclic) bond motifs is 1. The molecule has 7 heteroatoms. The van der Waals surface area contributed by atoms with E-state index >= 15 is 0 Å². The van der Waals surface area contributed by atoms with E-state index in [-0.39, 0.29) is 18.1 Å². The minimum Gasteiger partial charge on any atom is -0.446 e. The molecule has 1 aliphatic rings. The maximum atomic E-state index is 12.3. The number of carbonyl (C=O) groups is 1. The molecule has 0 unspecified atom stereocenters. The van der Waals surface area contributed by atoms with E-state index in [2.05, 4.69) is 20.5 Å². The molecule has 0 saturated carbocycles. The molecule has 7 nitrogen and oxygen atoms in total. The quantitative estimate of drug-likeness (QED) is 0.896. The van der Waals surface area contributed by atoms with Crippen LogP contribution < -0.4 is 5.32 Å². The van der Waals surface area contributed by atoms with Crippen LogP contribution in [0.3, 0.4) is 0 Å². The number of aromatic amines is 1. The third kappa shape index (κ3) is 2.89. The van der Waals surface area contributed by atoms with Gasteiger partial charge in [0.1, 0.15) is 5.76 Å². The van der Waals surface area contributed by atoms with E-state index in [4.69, 9.17) is 9.15 Å². The zero-order valence-corrected chi connectivity index (χ0v) is 13.0. The van der Waals surface area contributed by atoms with Crippen molar-refractivity contribution in [1.29, 1.82) is 0 Å². The highest BCUT2D eigenvalue weighted by atomic mass is 16.5. The number of carbonyl (C=O) groups excluding carboxylic acids is 1. The summed E-state index contributed by atoms with van der Waals surface area (Å²) in [5, 5.41) is 9.96. The Morgan fingerprint density at radius 2 is 2.32 bits per heavy atom. The lowest BCUT2D eigenvalue weighted by atomic mass is 9.99. The van der Waals surface area contributed by atoms with Gasteiger partial charge in [-0.25, -0.2) is 4.98 Å². The van der Waals surface area contributed by atoms with E-state index < -0.39 is 0 Å². The average molecular weight is 304 g/mol. The molecule has 2 N–H and O–H groups in total. The first-order valence-electron chi connectivity index (χ1n) is 7.46. The molecule has 118 valence electrons. The Hall–Kier alpha value is -2.15. The van der Waals surface area contributed by atoms with Gasteiger partial charge in [-0.2, -0.15) is 5.10 Å². The molecule has 0 fully saturated rings. The molecule has 0 aromatic carbocycles. The Bertz CT molecular complexity index is 676. The molecule has 0 radical (unpaired) electrons. The molecule has 1 amide bonds. The van der Waals surface area contributed by atoms with Gasteiger partial charge in [0, 0.05) is 31.9 Å². The van der Waals surface area contributed by atoms with Gasteiger partial charge in [-0.15, -0.1) is 0 Å². The highest BCUT2D eigenvalue weighted by Gasteiger charge is 2.29. The van der Waals surface area contributed by atoms with Crippen molar-refractivity contribution in [2.45, 2.75) is 45.8 Å². The number of amides is 1. The lowest BCUT2D eigenvalue weighted by molar-refractivity contribution is -0.00697. The number of rotatable bonds is 4. The lowest BCUT2D eigenvalue weighted by Gasteiger charge is -2.25. The zero-order valence-electron chi connectivity index (χ0n) is 13.0. The van der Waals surface area contributed by atoms with Gasteiger partial charge in [0.05, 0.1) is 24.1 Å². The second-order valence-corrected chi connectivity index (χ2v) is 5.61. The standard InChI is InChI=1S/C15H20N4O3/c1-8-6-12-13(9(2)21-8)18-19-14(12)15(20)16-5-4-11-7-17-10(3)22-11/h7-9H,4-6H2,1-3H3,(H,16,20)(H,18,19)/t8-,9+/m1/s1. The van der Waals surface area contributed by atoms with Gasteiger partial charge in [-0.3, -0.25) is 9.89 Å². The number of hydrogen-bond acceptors (Lipinski definition) is 5. The summed E-state index contributed by atoms with van der Waals surface area (Å²) in [5.41, 5.74) is 2.32. The maximum absolute atomic E-state index is 12.3. The second kappa shape index (κ2) is 5.92. The van der Waals surface area contributed by atoms with Gasteiger partial charge in [0.25, 0.3) is 5.91 Å². The SMILES string of the molecule is Cc1ncc(CCNC(=O)c2n[nH]c3c2C[C@@H](C)O[C@H]3C)o1. The smallest absolute Gasteiger partial charge is 0.272 e. The minimum atomic E-state index is -0.171. The number of H-pyrrole nitrogens is 1. The summed E-state index contributed by atoms with van der Waals surface area (Å²) in [6, 6.07) is 0. The highest BCUT2D eigenvalue weighted by molar-refractivity contribution is 5.94. The van der Waals surface area contributed by atoms with Crippen molar-refractivity contribution >= 4 is 5.91 Å². The van der Waals surface area contributed by atoms with Crippen molar-refractivity contribution < 1.29 is 13.9 Å². The second-order valence-electron chi connectivity index (χ2n) is 5.61. The van der Waals surface area contributed by atoms with Gasteiger partial charge in [-0.1, -0.05) is 0 Å². The highest BCUT2D eigenvalue weighted by Crippen LogP contribution is 2.29. The molecule has 3 rings (SSSR count). The molecular weight excluding hydrogens is 284 g/mol. The summed E-state index contributed by atoms with van der Waals surface area (Å²) >= 11 is 0. The van der Waals surface area contributed by atoms with Crippen molar-refractivity contribution in [2.24, 2.45) is 0 Å². The third-order valence-electron chi connectivity index (χ3n) is 3.77. The van der Waals surface area contributed by atoms with E-state index in [1.54, 1.807) is 13.1 Å². The number of aryl methyl sites for hydroxylation is 1. The molecule has 2 aromatic heterocycles. The molecule has 3 heterocycles. The summed E-state index contributed by atoms with van der Waals surface area (Å²) in [6.07, 6.45) is 3.00. The number of oxazole rings is 1. The molecule has 1 aliphatic heterocycles. The van der Waals surface area contributed by atoms with Crippen LogP contribution in [0.15, 0.2) is 10.6 Å². The first kappa shape index (κ1) is 14.8. The van der Waals surface area contributed by atoms with Gasteiger partial charge >= 0.3 is 0 Å². The Morgan fingerprint density at radius 1 is 1.50 bits per heavy atom. The van der Waals surface area contributed by atoms with Crippen LogP contribution in [0, 0.1) is 6.92 Å². The van der Waals surface area contributed by atoms with Gasteiger partial charge in [0.15, 0.2) is 11.6 Å². The average Bonchev–Trinajstić information content (AvgIpc) is 3.05.